The Kier molecular flexibility index (Phi) is 8.34. The molecule has 4 rings (SSSR count). The number of urea groups is 1. The first-order valence-electron chi connectivity index (χ1n) is 12.9. The van der Waals surface area contributed by atoms with Crippen LogP contribution in [0.25, 0.3) is 5.69 Å². The molecule has 5 N–H and O–H groups in total. The van der Waals surface area contributed by atoms with Crippen LogP contribution in [0.3, 0.4) is 0 Å². The zero-order valence-electron chi connectivity index (χ0n) is 22.4. The average Bonchev–Trinajstić information content (AvgIpc) is 2.89. The molecule has 0 unspecified atom stereocenters. The second kappa shape index (κ2) is 11.5. The van der Waals surface area contributed by atoms with Gasteiger partial charge in [0.05, 0.1) is 18.3 Å². The highest BCUT2D eigenvalue weighted by atomic mass is 16.5. The van der Waals surface area contributed by atoms with Crippen molar-refractivity contribution in [3.05, 3.63) is 46.5 Å². The Morgan fingerprint density at radius 3 is 2.34 bits per heavy atom. The molecule has 0 atom stereocenters. The summed E-state index contributed by atoms with van der Waals surface area (Å²) in [5.74, 6) is 0.700. The molecule has 12 heteroatoms. The number of methoxy groups -OCH3 is 1. The van der Waals surface area contributed by atoms with Crippen LogP contribution >= 0.6 is 0 Å². The highest BCUT2D eigenvalue weighted by molar-refractivity contribution is 5.89. The molecule has 1 aromatic heterocycles. The van der Waals surface area contributed by atoms with Crippen LogP contribution in [0.5, 0.6) is 5.75 Å². The maximum Gasteiger partial charge on any atom is 0.354 e. The van der Waals surface area contributed by atoms with E-state index in [-0.39, 0.29) is 23.8 Å². The zero-order valence-corrected chi connectivity index (χ0v) is 22.4. The molecule has 2 aromatic rings. The minimum atomic E-state index is -0.954. The average molecular weight is 527 g/mol. The number of carbonyl (C=O) groups excluding carboxylic acids is 2. The summed E-state index contributed by atoms with van der Waals surface area (Å²) in [5, 5.41) is 2.68. The number of piperidine rings is 1. The highest BCUT2D eigenvalue weighted by Crippen LogP contribution is 2.25. The quantitative estimate of drug-likeness (QED) is 0.494. The molecule has 2 aliphatic rings. The topological polar surface area (TPSA) is 152 Å². The number of nitrogens with two attached hydrogens (primary N) is 2. The van der Waals surface area contributed by atoms with Crippen molar-refractivity contribution in [3.8, 4) is 11.4 Å². The Bertz CT molecular complexity index is 1210. The van der Waals surface area contributed by atoms with Crippen molar-refractivity contribution in [2.24, 2.45) is 11.5 Å². The predicted molar refractivity (Wildman–Crippen MR) is 144 cm³/mol. The van der Waals surface area contributed by atoms with Gasteiger partial charge in [-0.25, -0.2) is 9.59 Å². The summed E-state index contributed by atoms with van der Waals surface area (Å²) in [4.78, 5) is 47.5. The molecule has 0 aliphatic carbocycles. The van der Waals surface area contributed by atoms with Crippen LogP contribution in [-0.4, -0.2) is 94.1 Å². The van der Waals surface area contributed by atoms with E-state index in [9.17, 15) is 14.4 Å². The van der Waals surface area contributed by atoms with Crippen LogP contribution < -0.4 is 27.2 Å². The van der Waals surface area contributed by atoms with Gasteiger partial charge in [-0.3, -0.25) is 19.6 Å². The van der Waals surface area contributed by atoms with Gasteiger partial charge in [-0.2, -0.15) is 4.98 Å². The number of anilines is 1. The summed E-state index contributed by atoms with van der Waals surface area (Å²) in [7, 11) is 1.61. The molecule has 0 saturated carbocycles. The number of nitrogens with one attached hydrogen (secondary N) is 1. The monoisotopic (exact) mass is 526 g/mol. The van der Waals surface area contributed by atoms with Crippen molar-refractivity contribution in [2.45, 2.75) is 44.8 Å². The number of aromatic nitrogens is 2. The Labute approximate surface area is 222 Å². The molecule has 2 saturated heterocycles. The molecule has 1 aromatic carbocycles. The fraction of sp³-hybridized carbons (Fsp3) is 0.538. The third-order valence-corrected chi connectivity index (χ3v) is 7.02. The van der Waals surface area contributed by atoms with Gasteiger partial charge in [0.15, 0.2) is 0 Å². The second-order valence-electron chi connectivity index (χ2n) is 10.5. The lowest BCUT2D eigenvalue weighted by Gasteiger charge is -2.37. The maximum absolute atomic E-state index is 12.8. The number of piperazine rings is 1. The molecule has 38 heavy (non-hydrogen) atoms. The van der Waals surface area contributed by atoms with Crippen molar-refractivity contribution in [1.82, 2.24) is 24.3 Å². The van der Waals surface area contributed by atoms with Crippen molar-refractivity contribution < 1.29 is 14.3 Å². The van der Waals surface area contributed by atoms with Gasteiger partial charge in [-0.15, -0.1) is 0 Å². The molecule has 206 valence electrons. The van der Waals surface area contributed by atoms with Gasteiger partial charge in [0.1, 0.15) is 11.6 Å². The van der Waals surface area contributed by atoms with Gasteiger partial charge < -0.3 is 26.0 Å². The van der Waals surface area contributed by atoms with E-state index in [2.05, 4.69) is 15.2 Å². The summed E-state index contributed by atoms with van der Waals surface area (Å²) in [6.07, 6.45) is 3.53. The number of rotatable bonds is 6. The molecule has 2 aliphatic heterocycles. The molecule has 12 nitrogen and oxygen atoms in total. The number of hydrogen-bond donors (Lipinski definition) is 3. The first kappa shape index (κ1) is 27.6. The largest absolute Gasteiger partial charge is 0.496 e. The smallest absolute Gasteiger partial charge is 0.354 e. The standard InChI is InChI=1S/C26H38N8O4/c1-26(2,28)23(35)32-12-14-33(15-13-32)24(36)29-22-8-11-34(25(37)30-22)20-5-4-18(21(16-20)38-3)17-31-9-6-19(27)7-10-31/h4-5,8,11,16,19H,6-7,9-10,12-15,17,27-28H2,1-3H3,(H,29,30,36,37). The third-order valence-electron chi connectivity index (χ3n) is 7.02. The number of amides is 3. The molecular weight excluding hydrogens is 488 g/mol. The summed E-state index contributed by atoms with van der Waals surface area (Å²) >= 11 is 0. The summed E-state index contributed by atoms with van der Waals surface area (Å²) < 4.78 is 7.02. The number of carbonyl (C=O) groups is 2. The van der Waals surface area contributed by atoms with Gasteiger partial charge in [0.2, 0.25) is 5.91 Å². The van der Waals surface area contributed by atoms with E-state index in [0.717, 1.165) is 38.0 Å². The fourth-order valence-corrected chi connectivity index (χ4v) is 4.74. The number of benzene rings is 1. The normalized spacial score (nSPS) is 17.4. The van der Waals surface area contributed by atoms with E-state index in [4.69, 9.17) is 16.2 Å². The summed E-state index contributed by atoms with van der Waals surface area (Å²) in [6.45, 7) is 7.49. The van der Waals surface area contributed by atoms with Gasteiger partial charge in [-0.05, 0) is 51.9 Å². The summed E-state index contributed by atoms with van der Waals surface area (Å²) in [5.41, 5.74) is 12.1. The minimum Gasteiger partial charge on any atom is -0.496 e. The second-order valence-corrected chi connectivity index (χ2v) is 10.5. The number of hydrogen-bond acceptors (Lipinski definition) is 8. The SMILES string of the molecule is COc1cc(-n2ccc(NC(=O)N3CCN(C(=O)C(C)(C)N)CC3)nc2=O)ccc1CN1CCC(N)CC1. The molecule has 0 bridgehead atoms. The van der Waals surface area contributed by atoms with Crippen molar-refractivity contribution >= 4 is 17.8 Å². The predicted octanol–water partition coefficient (Wildman–Crippen LogP) is 0.578. The summed E-state index contributed by atoms with van der Waals surface area (Å²) in [6, 6.07) is 7.11. The van der Waals surface area contributed by atoms with Gasteiger partial charge in [-0.1, -0.05) is 6.07 Å². The van der Waals surface area contributed by atoms with Crippen molar-refractivity contribution in [3.63, 3.8) is 0 Å². The number of nitrogens with zero attached hydrogens (tertiary/aromatic N) is 5. The van der Waals surface area contributed by atoms with E-state index in [1.165, 1.54) is 4.57 Å². The van der Waals surface area contributed by atoms with Crippen LogP contribution in [0, 0.1) is 0 Å². The lowest BCUT2D eigenvalue weighted by atomic mass is 10.0. The van der Waals surface area contributed by atoms with E-state index >= 15 is 0 Å². The highest BCUT2D eigenvalue weighted by Gasteiger charge is 2.31. The van der Waals surface area contributed by atoms with Gasteiger partial charge >= 0.3 is 11.7 Å². The van der Waals surface area contributed by atoms with E-state index in [0.29, 0.717) is 37.6 Å². The first-order chi connectivity index (χ1) is 18.0. The fourth-order valence-electron chi connectivity index (χ4n) is 4.74. The molecule has 0 radical (unpaired) electrons. The molecular formula is C26H38N8O4. The Morgan fingerprint density at radius 1 is 1.08 bits per heavy atom. The third kappa shape index (κ3) is 6.50. The van der Waals surface area contributed by atoms with Gasteiger partial charge in [0.25, 0.3) is 0 Å². The lowest BCUT2D eigenvalue weighted by Crippen LogP contribution is -2.58. The molecule has 3 heterocycles. The van der Waals surface area contributed by atoms with Crippen LogP contribution in [0.4, 0.5) is 10.6 Å². The first-order valence-corrected chi connectivity index (χ1v) is 12.9. The number of ether oxygens (including phenoxy) is 1. The van der Waals surface area contributed by atoms with E-state index in [1.54, 1.807) is 43.0 Å². The molecule has 0 spiro atoms. The van der Waals surface area contributed by atoms with E-state index in [1.807, 2.05) is 18.2 Å². The van der Waals surface area contributed by atoms with Crippen LogP contribution in [0.1, 0.15) is 32.3 Å². The Morgan fingerprint density at radius 2 is 1.74 bits per heavy atom. The lowest BCUT2D eigenvalue weighted by molar-refractivity contribution is -0.137. The van der Waals surface area contributed by atoms with E-state index < -0.39 is 11.2 Å². The van der Waals surface area contributed by atoms with Crippen molar-refractivity contribution in [2.75, 3.05) is 51.7 Å². The van der Waals surface area contributed by atoms with Crippen LogP contribution in [0.2, 0.25) is 0 Å². The van der Waals surface area contributed by atoms with Crippen molar-refractivity contribution in [1.29, 1.82) is 0 Å². The zero-order chi connectivity index (χ0) is 27.4. The maximum atomic E-state index is 12.8. The van der Waals surface area contributed by atoms with Crippen LogP contribution in [-0.2, 0) is 11.3 Å². The molecule has 2 fully saturated rings. The van der Waals surface area contributed by atoms with Crippen LogP contribution in [0.15, 0.2) is 35.3 Å². The van der Waals surface area contributed by atoms with Gasteiger partial charge in [0, 0.05) is 56.6 Å². The number of likely N-dealkylation sites (tertiary alicyclic amines) is 1. The Balaban J connectivity index is 1.38. The Hall–Kier alpha value is -3.48. The minimum absolute atomic E-state index is 0.149. The molecule has 3 amide bonds.